The molecule has 1 unspecified atom stereocenters. The van der Waals surface area contributed by atoms with E-state index in [0.29, 0.717) is 11.9 Å². The predicted molar refractivity (Wildman–Crippen MR) is 88.9 cm³/mol. The van der Waals surface area contributed by atoms with Crippen LogP contribution in [0, 0.1) is 11.6 Å². The van der Waals surface area contributed by atoms with Gasteiger partial charge in [-0.3, -0.25) is 0 Å². The van der Waals surface area contributed by atoms with Crippen molar-refractivity contribution in [1.82, 2.24) is 30.0 Å². The van der Waals surface area contributed by atoms with Crippen LogP contribution in [0.2, 0.25) is 5.02 Å². The quantitative estimate of drug-likeness (QED) is 0.679. The number of amides is 2. The van der Waals surface area contributed by atoms with Gasteiger partial charge in [-0.25, -0.2) is 28.5 Å². The Morgan fingerprint density at radius 3 is 2.65 bits per heavy atom. The predicted octanol–water partition coefficient (Wildman–Crippen LogP) is 2.87. The summed E-state index contributed by atoms with van der Waals surface area (Å²) < 4.78 is 28.2. The number of carbonyl (C=O) groups excluding carboxylic acids is 1. The van der Waals surface area contributed by atoms with E-state index in [-0.39, 0.29) is 16.7 Å². The molecule has 8 nitrogen and oxygen atoms in total. The number of halogens is 3. The fourth-order valence-corrected chi connectivity index (χ4v) is 2.30. The van der Waals surface area contributed by atoms with Crippen molar-refractivity contribution < 1.29 is 13.6 Å². The third kappa shape index (κ3) is 3.75. The number of hydrogen-bond donors (Lipinski definition) is 2. The van der Waals surface area contributed by atoms with E-state index in [1.54, 1.807) is 25.4 Å². The lowest BCUT2D eigenvalue weighted by Gasteiger charge is -2.15. The Balaban J connectivity index is 1.73. The van der Waals surface area contributed by atoms with Crippen LogP contribution < -0.4 is 10.6 Å². The molecule has 0 bridgehead atoms. The van der Waals surface area contributed by atoms with E-state index in [1.807, 2.05) is 0 Å². The first-order valence-electron chi connectivity index (χ1n) is 7.35. The summed E-state index contributed by atoms with van der Waals surface area (Å²) in [5.41, 5.74) is -0.256. The summed E-state index contributed by atoms with van der Waals surface area (Å²) in [7, 11) is 0. The van der Waals surface area contributed by atoms with Gasteiger partial charge in [0.15, 0.2) is 5.82 Å². The highest BCUT2D eigenvalue weighted by Crippen LogP contribution is 2.23. The Morgan fingerprint density at radius 1 is 1.19 bits per heavy atom. The van der Waals surface area contributed by atoms with Crippen molar-refractivity contribution in [3.63, 3.8) is 0 Å². The van der Waals surface area contributed by atoms with Crippen molar-refractivity contribution in [2.45, 2.75) is 13.0 Å². The van der Waals surface area contributed by atoms with Gasteiger partial charge in [0.1, 0.15) is 18.0 Å². The Labute approximate surface area is 151 Å². The number of aromatic nitrogens is 5. The Hall–Kier alpha value is -3.14. The van der Waals surface area contributed by atoms with Crippen molar-refractivity contribution in [3.05, 3.63) is 59.4 Å². The van der Waals surface area contributed by atoms with Crippen LogP contribution in [0.25, 0.3) is 5.95 Å². The molecule has 2 N–H and O–H groups in total. The molecule has 0 aliphatic carbocycles. The van der Waals surface area contributed by atoms with Gasteiger partial charge in [-0.15, -0.1) is 0 Å². The summed E-state index contributed by atoms with van der Waals surface area (Å²) in [6, 6.07) is 1.88. The molecule has 134 valence electrons. The zero-order valence-electron chi connectivity index (χ0n) is 13.3. The molecule has 0 spiro atoms. The van der Waals surface area contributed by atoms with Gasteiger partial charge in [0.25, 0.3) is 5.95 Å². The Kier molecular flexibility index (Phi) is 5.03. The monoisotopic (exact) mass is 379 g/mol. The second-order valence-electron chi connectivity index (χ2n) is 5.15. The second-order valence-corrected chi connectivity index (χ2v) is 5.55. The molecule has 2 amide bonds. The van der Waals surface area contributed by atoms with Crippen molar-refractivity contribution in [2.24, 2.45) is 0 Å². The summed E-state index contributed by atoms with van der Waals surface area (Å²) >= 11 is 5.60. The average Bonchev–Trinajstić information content (AvgIpc) is 3.10. The fourth-order valence-electron chi connectivity index (χ4n) is 2.14. The molecular formula is C15H12ClF2N7O. The Morgan fingerprint density at radius 2 is 1.92 bits per heavy atom. The van der Waals surface area contributed by atoms with Crippen LogP contribution in [0.5, 0.6) is 0 Å². The standard InChI is InChI=1S/C15H12ClF2N7O/c1-8(13-21-7-22-25(13)14-19-3-2-4-20-14)23-15(26)24-12-5-9(16)10(17)6-11(12)18/h2-8H,1H3,(H2,23,24,26). The van der Waals surface area contributed by atoms with Gasteiger partial charge in [-0.2, -0.15) is 9.78 Å². The molecule has 0 aliphatic heterocycles. The minimum Gasteiger partial charge on any atom is -0.328 e. The SMILES string of the molecule is CC(NC(=O)Nc1cc(Cl)c(F)cc1F)c1ncnn1-c1ncccn1. The lowest BCUT2D eigenvalue weighted by atomic mass is 10.3. The molecule has 1 aromatic carbocycles. The van der Waals surface area contributed by atoms with Gasteiger partial charge in [0.2, 0.25) is 0 Å². The van der Waals surface area contributed by atoms with Gasteiger partial charge in [-0.1, -0.05) is 11.6 Å². The molecular weight excluding hydrogens is 368 g/mol. The molecule has 0 saturated carbocycles. The molecule has 0 radical (unpaired) electrons. The highest BCUT2D eigenvalue weighted by atomic mass is 35.5. The normalized spacial score (nSPS) is 11.8. The number of benzene rings is 1. The first-order chi connectivity index (χ1) is 12.5. The molecule has 0 aliphatic rings. The number of anilines is 1. The number of nitrogens with one attached hydrogen (secondary N) is 2. The Bertz CT molecular complexity index is 935. The third-order valence-corrected chi connectivity index (χ3v) is 3.60. The zero-order valence-corrected chi connectivity index (χ0v) is 14.1. The molecule has 11 heteroatoms. The lowest BCUT2D eigenvalue weighted by molar-refractivity contribution is 0.248. The number of carbonyl (C=O) groups is 1. The van der Waals surface area contributed by atoms with Crippen LogP contribution in [-0.2, 0) is 0 Å². The van der Waals surface area contributed by atoms with E-state index in [0.717, 1.165) is 6.07 Å². The molecule has 3 rings (SSSR count). The van der Waals surface area contributed by atoms with E-state index in [1.165, 1.54) is 11.0 Å². The minimum absolute atomic E-state index is 0.256. The van der Waals surface area contributed by atoms with Gasteiger partial charge >= 0.3 is 6.03 Å². The minimum atomic E-state index is -0.949. The summed E-state index contributed by atoms with van der Waals surface area (Å²) in [5, 5.41) is 8.55. The molecule has 0 saturated heterocycles. The first-order valence-corrected chi connectivity index (χ1v) is 7.73. The number of rotatable bonds is 4. The van der Waals surface area contributed by atoms with Crippen LogP contribution in [0.3, 0.4) is 0 Å². The molecule has 1 atom stereocenters. The average molecular weight is 380 g/mol. The van der Waals surface area contributed by atoms with Crippen molar-refractivity contribution >= 4 is 23.3 Å². The van der Waals surface area contributed by atoms with E-state index in [2.05, 4.69) is 30.7 Å². The van der Waals surface area contributed by atoms with E-state index in [4.69, 9.17) is 11.6 Å². The first kappa shape index (κ1) is 17.7. The smallest absolute Gasteiger partial charge is 0.319 e. The lowest BCUT2D eigenvalue weighted by Crippen LogP contribution is -2.33. The fraction of sp³-hybridized carbons (Fsp3) is 0.133. The van der Waals surface area contributed by atoms with Gasteiger partial charge in [0, 0.05) is 18.5 Å². The van der Waals surface area contributed by atoms with E-state index < -0.39 is 23.7 Å². The summed E-state index contributed by atoms with van der Waals surface area (Å²) in [6.45, 7) is 1.65. The highest BCUT2D eigenvalue weighted by molar-refractivity contribution is 6.31. The maximum absolute atomic E-state index is 13.7. The number of hydrogen-bond acceptors (Lipinski definition) is 5. The zero-order chi connectivity index (χ0) is 18.7. The van der Waals surface area contributed by atoms with E-state index >= 15 is 0 Å². The highest BCUT2D eigenvalue weighted by Gasteiger charge is 2.19. The molecule has 0 fully saturated rings. The summed E-state index contributed by atoms with van der Waals surface area (Å²) in [6.07, 6.45) is 4.38. The maximum Gasteiger partial charge on any atom is 0.319 e. The van der Waals surface area contributed by atoms with Crippen LogP contribution in [0.1, 0.15) is 18.8 Å². The molecule has 3 aromatic rings. The number of urea groups is 1. The van der Waals surface area contributed by atoms with Crippen molar-refractivity contribution in [3.8, 4) is 5.95 Å². The second kappa shape index (κ2) is 7.40. The third-order valence-electron chi connectivity index (χ3n) is 3.31. The molecule has 26 heavy (non-hydrogen) atoms. The van der Waals surface area contributed by atoms with Gasteiger partial charge in [-0.05, 0) is 19.1 Å². The van der Waals surface area contributed by atoms with Crippen LogP contribution >= 0.6 is 11.6 Å². The summed E-state index contributed by atoms with van der Waals surface area (Å²) in [4.78, 5) is 24.3. The van der Waals surface area contributed by atoms with E-state index in [9.17, 15) is 13.6 Å². The molecule has 2 aromatic heterocycles. The van der Waals surface area contributed by atoms with Crippen LogP contribution in [0.15, 0.2) is 36.9 Å². The van der Waals surface area contributed by atoms with Crippen molar-refractivity contribution in [2.75, 3.05) is 5.32 Å². The summed E-state index contributed by atoms with van der Waals surface area (Å²) in [5.74, 6) is -1.22. The van der Waals surface area contributed by atoms with Crippen LogP contribution in [-0.4, -0.2) is 30.8 Å². The number of nitrogens with zero attached hydrogens (tertiary/aromatic N) is 5. The topological polar surface area (TPSA) is 97.6 Å². The molecule has 2 heterocycles. The maximum atomic E-state index is 13.7. The largest absolute Gasteiger partial charge is 0.328 e. The van der Waals surface area contributed by atoms with Crippen molar-refractivity contribution in [1.29, 1.82) is 0 Å². The van der Waals surface area contributed by atoms with Gasteiger partial charge < -0.3 is 10.6 Å². The van der Waals surface area contributed by atoms with Crippen LogP contribution in [0.4, 0.5) is 19.3 Å². The van der Waals surface area contributed by atoms with Gasteiger partial charge in [0.05, 0.1) is 16.8 Å².